The molecule has 0 amide bonds. The van der Waals surface area contributed by atoms with Crippen molar-refractivity contribution < 1.29 is 4.42 Å². The molecule has 0 spiro atoms. The third kappa shape index (κ3) is 5.87. The van der Waals surface area contributed by atoms with Crippen molar-refractivity contribution >= 4 is 21.9 Å². The van der Waals surface area contributed by atoms with Crippen molar-refractivity contribution in [3.8, 4) is 79.7 Å². The summed E-state index contributed by atoms with van der Waals surface area (Å²) in [5, 5.41) is 20.7. The van der Waals surface area contributed by atoms with Gasteiger partial charge in [-0.25, -0.2) is 15.0 Å². The fourth-order valence-corrected chi connectivity index (χ4v) is 6.77. The molecule has 0 fully saturated rings. The maximum atomic E-state index is 9.48. The van der Waals surface area contributed by atoms with E-state index in [1.807, 2.05) is 127 Å². The first-order valence-electron chi connectivity index (χ1n) is 17.1. The molecule has 6 nitrogen and oxygen atoms in total. The molecule has 246 valence electrons. The number of nitrogens with zero attached hydrogens (tertiary/aromatic N) is 5. The lowest BCUT2D eigenvalue weighted by molar-refractivity contribution is 0.670. The molecule has 2 aromatic heterocycles. The molecule has 9 aromatic rings. The van der Waals surface area contributed by atoms with Crippen molar-refractivity contribution in [2.75, 3.05) is 0 Å². The van der Waals surface area contributed by atoms with Crippen molar-refractivity contribution in [2.45, 2.75) is 0 Å². The molecular weight excluding hydrogens is 651 g/mol. The van der Waals surface area contributed by atoms with Crippen LogP contribution in [0.2, 0.25) is 0 Å². The molecule has 6 heteroatoms. The Balaban J connectivity index is 1.29. The van der Waals surface area contributed by atoms with Gasteiger partial charge in [-0.3, -0.25) is 0 Å². The van der Waals surface area contributed by atoms with Gasteiger partial charge in [0, 0.05) is 33.0 Å². The molecule has 0 aliphatic rings. The van der Waals surface area contributed by atoms with Gasteiger partial charge < -0.3 is 4.42 Å². The maximum Gasteiger partial charge on any atom is 0.164 e. The molecule has 0 bridgehead atoms. The first-order valence-corrected chi connectivity index (χ1v) is 17.1. The molecule has 0 atom stereocenters. The number of nitriles is 2. The van der Waals surface area contributed by atoms with Crippen LogP contribution in [0.4, 0.5) is 0 Å². The summed E-state index contributed by atoms with van der Waals surface area (Å²) in [5.41, 5.74) is 11.0. The van der Waals surface area contributed by atoms with Crippen molar-refractivity contribution in [1.29, 1.82) is 10.5 Å². The normalized spacial score (nSPS) is 11.0. The van der Waals surface area contributed by atoms with Crippen LogP contribution in [0.25, 0.3) is 89.5 Å². The van der Waals surface area contributed by atoms with Crippen molar-refractivity contribution in [3.63, 3.8) is 0 Å². The first-order chi connectivity index (χ1) is 26.1. The quantitative estimate of drug-likeness (QED) is 0.174. The van der Waals surface area contributed by atoms with Gasteiger partial charge in [-0.2, -0.15) is 10.5 Å². The second-order valence-electron chi connectivity index (χ2n) is 12.7. The highest BCUT2D eigenvalue weighted by atomic mass is 16.3. The van der Waals surface area contributed by atoms with Gasteiger partial charge in [0.1, 0.15) is 11.2 Å². The second-order valence-corrected chi connectivity index (χ2v) is 12.7. The third-order valence-electron chi connectivity index (χ3n) is 9.41. The number of hydrogen-bond acceptors (Lipinski definition) is 6. The van der Waals surface area contributed by atoms with Crippen LogP contribution >= 0.6 is 0 Å². The predicted molar refractivity (Wildman–Crippen MR) is 209 cm³/mol. The Hall–Kier alpha value is -7.67. The monoisotopic (exact) mass is 677 g/mol. The number of hydrogen-bond donors (Lipinski definition) is 0. The molecule has 0 unspecified atom stereocenters. The smallest absolute Gasteiger partial charge is 0.164 e. The summed E-state index contributed by atoms with van der Waals surface area (Å²) in [6.07, 6.45) is 0. The van der Waals surface area contributed by atoms with Crippen LogP contribution in [0.5, 0.6) is 0 Å². The van der Waals surface area contributed by atoms with E-state index in [2.05, 4.69) is 48.5 Å². The largest absolute Gasteiger partial charge is 0.455 e. The van der Waals surface area contributed by atoms with Crippen molar-refractivity contribution in [3.05, 3.63) is 175 Å². The summed E-state index contributed by atoms with van der Waals surface area (Å²) in [4.78, 5) is 15.2. The van der Waals surface area contributed by atoms with E-state index >= 15 is 0 Å². The fraction of sp³-hybridized carbons (Fsp3) is 0. The standard InChI is InChI=1S/C47H27N5O/c48-28-30-17-21-33(22-18-30)38-26-40(34-23-19-31(29-49)20-24-34)44-41(27-38)43-39(15-8-16-42(43)53-44)47-51-45(35-11-5-2-6-12-35)50-46(52-47)37-14-7-13-36(25-37)32-9-3-1-4-10-32/h1-27H. The van der Waals surface area contributed by atoms with Gasteiger partial charge in [-0.05, 0) is 76.3 Å². The molecule has 9 rings (SSSR count). The minimum absolute atomic E-state index is 0.524. The molecule has 2 heterocycles. The number of aromatic nitrogens is 3. The highest BCUT2D eigenvalue weighted by molar-refractivity contribution is 6.16. The zero-order valence-corrected chi connectivity index (χ0v) is 28.2. The van der Waals surface area contributed by atoms with Gasteiger partial charge in [-0.1, -0.05) is 115 Å². The van der Waals surface area contributed by atoms with E-state index in [1.54, 1.807) is 0 Å². The minimum Gasteiger partial charge on any atom is -0.455 e. The molecule has 0 saturated heterocycles. The predicted octanol–water partition coefficient (Wildman–Crippen LogP) is 11.5. The fourth-order valence-electron chi connectivity index (χ4n) is 6.77. The Kier molecular flexibility index (Phi) is 7.82. The lowest BCUT2D eigenvalue weighted by Crippen LogP contribution is -2.00. The molecule has 0 aliphatic carbocycles. The van der Waals surface area contributed by atoms with Crippen LogP contribution in [0.15, 0.2) is 168 Å². The molecule has 7 aromatic carbocycles. The van der Waals surface area contributed by atoms with Gasteiger partial charge in [0.2, 0.25) is 0 Å². The van der Waals surface area contributed by atoms with Gasteiger partial charge in [0.25, 0.3) is 0 Å². The van der Waals surface area contributed by atoms with Gasteiger partial charge >= 0.3 is 0 Å². The summed E-state index contributed by atoms with van der Waals surface area (Å²) in [5.74, 6) is 1.65. The molecule has 0 saturated carbocycles. The number of fused-ring (bicyclic) bond motifs is 3. The van der Waals surface area contributed by atoms with E-state index in [0.717, 1.165) is 60.8 Å². The zero-order chi connectivity index (χ0) is 35.7. The molecule has 0 aliphatic heterocycles. The highest BCUT2D eigenvalue weighted by Crippen LogP contribution is 2.43. The van der Waals surface area contributed by atoms with E-state index in [4.69, 9.17) is 19.4 Å². The summed E-state index contributed by atoms with van der Waals surface area (Å²) in [6.45, 7) is 0. The van der Waals surface area contributed by atoms with Gasteiger partial charge in [-0.15, -0.1) is 0 Å². The minimum atomic E-state index is 0.524. The second kappa shape index (κ2) is 13.2. The van der Waals surface area contributed by atoms with E-state index in [1.165, 1.54) is 0 Å². The average Bonchev–Trinajstić information content (AvgIpc) is 3.63. The van der Waals surface area contributed by atoms with Gasteiger partial charge in [0.05, 0.1) is 23.3 Å². The van der Waals surface area contributed by atoms with Crippen LogP contribution in [0.3, 0.4) is 0 Å². The van der Waals surface area contributed by atoms with Crippen LogP contribution in [0, 0.1) is 22.7 Å². The zero-order valence-electron chi connectivity index (χ0n) is 28.2. The molecular formula is C47H27N5O. The maximum absolute atomic E-state index is 9.48. The Bertz CT molecular complexity index is 2880. The van der Waals surface area contributed by atoms with Crippen LogP contribution in [-0.2, 0) is 0 Å². The Morgan fingerprint density at radius 3 is 1.62 bits per heavy atom. The topological polar surface area (TPSA) is 99.4 Å². The number of rotatable bonds is 6. The Morgan fingerprint density at radius 1 is 0.396 bits per heavy atom. The van der Waals surface area contributed by atoms with E-state index in [-0.39, 0.29) is 0 Å². The summed E-state index contributed by atoms with van der Waals surface area (Å²) in [6, 6.07) is 58.2. The first kappa shape index (κ1) is 31.3. The SMILES string of the molecule is N#Cc1ccc(-c2cc(-c3ccc(C#N)cc3)c3oc4cccc(-c5nc(-c6ccccc6)nc(-c6cccc(-c7ccccc7)c6)n5)c4c3c2)cc1. The van der Waals surface area contributed by atoms with E-state index in [9.17, 15) is 10.5 Å². The average molecular weight is 678 g/mol. The van der Waals surface area contributed by atoms with Crippen molar-refractivity contribution in [2.24, 2.45) is 0 Å². The Morgan fingerprint density at radius 2 is 0.943 bits per heavy atom. The third-order valence-corrected chi connectivity index (χ3v) is 9.41. The number of benzene rings is 7. The molecule has 0 N–H and O–H groups in total. The number of furan rings is 1. The summed E-state index contributed by atoms with van der Waals surface area (Å²) >= 11 is 0. The summed E-state index contributed by atoms with van der Waals surface area (Å²) in [7, 11) is 0. The van der Waals surface area contributed by atoms with Crippen LogP contribution < -0.4 is 0 Å². The Labute approximate surface area is 305 Å². The van der Waals surface area contributed by atoms with Gasteiger partial charge in [0.15, 0.2) is 17.5 Å². The van der Waals surface area contributed by atoms with Crippen LogP contribution in [0.1, 0.15) is 11.1 Å². The van der Waals surface area contributed by atoms with Crippen LogP contribution in [-0.4, -0.2) is 15.0 Å². The lowest BCUT2D eigenvalue weighted by Gasteiger charge is -2.11. The van der Waals surface area contributed by atoms with E-state index in [0.29, 0.717) is 39.8 Å². The highest BCUT2D eigenvalue weighted by Gasteiger charge is 2.21. The van der Waals surface area contributed by atoms with Crippen molar-refractivity contribution in [1.82, 2.24) is 15.0 Å². The molecule has 53 heavy (non-hydrogen) atoms. The van der Waals surface area contributed by atoms with E-state index < -0.39 is 0 Å². The lowest BCUT2D eigenvalue weighted by atomic mass is 9.94. The summed E-state index contributed by atoms with van der Waals surface area (Å²) < 4.78 is 6.70. The molecule has 0 radical (unpaired) electrons.